The number of nitrogens with zero attached hydrogens (tertiary/aromatic N) is 1. The second kappa shape index (κ2) is 7.82. The summed E-state index contributed by atoms with van der Waals surface area (Å²) in [5.41, 5.74) is 0.247. The van der Waals surface area contributed by atoms with Gasteiger partial charge in [0.05, 0.1) is 12.0 Å². The molecule has 0 radical (unpaired) electrons. The summed E-state index contributed by atoms with van der Waals surface area (Å²) in [7, 11) is 0. The number of amides is 1. The number of anilines is 1. The molecule has 0 fully saturated rings. The van der Waals surface area contributed by atoms with Gasteiger partial charge in [0.2, 0.25) is 5.91 Å². The topological polar surface area (TPSA) is 52.6 Å². The molecule has 4 heteroatoms. The maximum atomic E-state index is 12.4. The summed E-state index contributed by atoms with van der Waals surface area (Å²) in [6, 6.07) is 9.41. The van der Waals surface area contributed by atoms with Crippen molar-refractivity contribution in [2.75, 3.05) is 31.6 Å². The van der Waals surface area contributed by atoms with Gasteiger partial charge < -0.3 is 10.4 Å². The molecule has 1 aromatic carbocycles. The maximum Gasteiger partial charge on any atom is 0.231 e. The third kappa shape index (κ3) is 5.15. The Balaban J connectivity index is 2.66. The van der Waals surface area contributed by atoms with Crippen LogP contribution >= 0.6 is 0 Å². The molecular weight excluding hydrogens is 252 g/mol. The minimum absolute atomic E-state index is 0.0318. The molecular formula is C16H24N2O2. The summed E-state index contributed by atoms with van der Waals surface area (Å²) in [6.07, 6.45) is 1.78. The molecule has 0 atom stereocenters. The monoisotopic (exact) mass is 276 g/mol. The predicted molar refractivity (Wildman–Crippen MR) is 82.6 cm³/mol. The fraction of sp³-hybridized carbons (Fsp3) is 0.438. The van der Waals surface area contributed by atoms with Crippen LogP contribution in [0.2, 0.25) is 0 Å². The summed E-state index contributed by atoms with van der Waals surface area (Å²) in [5, 5.41) is 12.0. The SMILES string of the molecule is C=CCN(CCO)CC(C)(C)C(=O)Nc1ccccc1. The summed E-state index contributed by atoms with van der Waals surface area (Å²) in [6.45, 7) is 9.34. The van der Waals surface area contributed by atoms with Crippen LogP contribution in [0.3, 0.4) is 0 Å². The highest BCUT2D eigenvalue weighted by atomic mass is 16.3. The van der Waals surface area contributed by atoms with Crippen molar-refractivity contribution in [2.24, 2.45) is 5.41 Å². The van der Waals surface area contributed by atoms with Crippen molar-refractivity contribution in [3.8, 4) is 0 Å². The molecule has 1 aromatic rings. The fourth-order valence-corrected chi connectivity index (χ4v) is 2.01. The Kier molecular flexibility index (Phi) is 6.42. The van der Waals surface area contributed by atoms with Crippen LogP contribution in [-0.4, -0.2) is 42.2 Å². The van der Waals surface area contributed by atoms with E-state index in [1.807, 2.05) is 49.1 Å². The Morgan fingerprint density at radius 2 is 2.05 bits per heavy atom. The third-order valence-corrected chi connectivity index (χ3v) is 3.07. The highest BCUT2D eigenvalue weighted by Gasteiger charge is 2.29. The number of para-hydroxylation sites is 1. The Morgan fingerprint density at radius 3 is 2.60 bits per heavy atom. The number of benzene rings is 1. The molecule has 0 aliphatic carbocycles. The molecule has 1 amide bonds. The molecule has 0 saturated heterocycles. The third-order valence-electron chi connectivity index (χ3n) is 3.07. The second-order valence-electron chi connectivity index (χ2n) is 5.45. The van der Waals surface area contributed by atoms with Crippen molar-refractivity contribution in [1.82, 2.24) is 4.90 Å². The molecule has 0 aliphatic heterocycles. The quantitative estimate of drug-likeness (QED) is 0.715. The van der Waals surface area contributed by atoms with Gasteiger partial charge in [0.15, 0.2) is 0 Å². The fourth-order valence-electron chi connectivity index (χ4n) is 2.01. The zero-order chi connectivity index (χ0) is 15.0. The summed E-state index contributed by atoms with van der Waals surface area (Å²) < 4.78 is 0. The zero-order valence-corrected chi connectivity index (χ0v) is 12.3. The minimum atomic E-state index is -0.548. The summed E-state index contributed by atoms with van der Waals surface area (Å²) in [5.74, 6) is -0.0318. The summed E-state index contributed by atoms with van der Waals surface area (Å²) >= 11 is 0. The zero-order valence-electron chi connectivity index (χ0n) is 12.3. The van der Waals surface area contributed by atoms with Gasteiger partial charge in [-0.05, 0) is 26.0 Å². The van der Waals surface area contributed by atoms with Gasteiger partial charge in [-0.1, -0.05) is 24.3 Å². The van der Waals surface area contributed by atoms with Crippen LogP contribution in [0.15, 0.2) is 43.0 Å². The number of aliphatic hydroxyl groups is 1. The molecule has 20 heavy (non-hydrogen) atoms. The molecule has 0 spiro atoms. The Hall–Kier alpha value is -1.65. The van der Waals surface area contributed by atoms with Crippen molar-refractivity contribution in [3.05, 3.63) is 43.0 Å². The number of carbonyl (C=O) groups excluding carboxylic acids is 1. The molecule has 4 nitrogen and oxygen atoms in total. The van der Waals surface area contributed by atoms with Crippen LogP contribution in [-0.2, 0) is 4.79 Å². The standard InChI is InChI=1S/C16H24N2O2/c1-4-10-18(11-12-19)13-16(2,3)15(20)17-14-8-6-5-7-9-14/h4-9,19H,1,10-13H2,2-3H3,(H,17,20). The number of carbonyl (C=O) groups is 1. The van der Waals surface area contributed by atoms with Crippen molar-refractivity contribution in [3.63, 3.8) is 0 Å². The van der Waals surface area contributed by atoms with E-state index < -0.39 is 5.41 Å². The van der Waals surface area contributed by atoms with E-state index in [1.54, 1.807) is 6.08 Å². The van der Waals surface area contributed by atoms with E-state index >= 15 is 0 Å². The molecule has 0 bridgehead atoms. The van der Waals surface area contributed by atoms with Crippen LogP contribution in [0.25, 0.3) is 0 Å². The lowest BCUT2D eigenvalue weighted by molar-refractivity contribution is -0.124. The van der Waals surface area contributed by atoms with Crippen LogP contribution in [0.1, 0.15) is 13.8 Å². The Bertz CT molecular complexity index is 429. The smallest absolute Gasteiger partial charge is 0.231 e. The van der Waals surface area contributed by atoms with Gasteiger partial charge in [0, 0.05) is 25.3 Å². The normalized spacial score (nSPS) is 11.4. The first-order valence-electron chi connectivity index (χ1n) is 6.80. The predicted octanol–water partition coefficient (Wildman–Crippen LogP) is 2.13. The van der Waals surface area contributed by atoms with E-state index in [0.717, 1.165) is 5.69 Å². The summed E-state index contributed by atoms with van der Waals surface area (Å²) in [4.78, 5) is 14.4. The second-order valence-corrected chi connectivity index (χ2v) is 5.45. The molecule has 0 heterocycles. The highest BCUT2D eigenvalue weighted by Crippen LogP contribution is 2.20. The number of aliphatic hydroxyl groups excluding tert-OH is 1. The molecule has 0 aromatic heterocycles. The lowest BCUT2D eigenvalue weighted by Crippen LogP contribution is -2.43. The van der Waals surface area contributed by atoms with Crippen molar-refractivity contribution in [1.29, 1.82) is 0 Å². The van der Waals surface area contributed by atoms with Crippen LogP contribution in [0.5, 0.6) is 0 Å². The molecule has 0 aliphatic rings. The maximum absolute atomic E-state index is 12.4. The van der Waals surface area contributed by atoms with E-state index in [1.165, 1.54) is 0 Å². The molecule has 1 rings (SSSR count). The highest BCUT2D eigenvalue weighted by molar-refractivity contribution is 5.94. The Labute approximate surface area is 121 Å². The van der Waals surface area contributed by atoms with Gasteiger partial charge in [-0.25, -0.2) is 0 Å². The molecule has 2 N–H and O–H groups in total. The van der Waals surface area contributed by atoms with E-state index in [2.05, 4.69) is 11.9 Å². The van der Waals surface area contributed by atoms with Crippen molar-refractivity contribution in [2.45, 2.75) is 13.8 Å². The van der Waals surface area contributed by atoms with Crippen molar-refractivity contribution >= 4 is 11.6 Å². The first-order chi connectivity index (χ1) is 9.49. The van der Waals surface area contributed by atoms with Gasteiger partial charge in [0.1, 0.15) is 0 Å². The molecule has 110 valence electrons. The van der Waals surface area contributed by atoms with Gasteiger partial charge in [-0.2, -0.15) is 0 Å². The Morgan fingerprint density at radius 1 is 1.40 bits per heavy atom. The number of hydrogen-bond acceptors (Lipinski definition) is 3. The lowest BCUT2D eigenvalue weighted by Gasteiger charge is -2.30. The lowest BCUT2D eigenvalue weighted by atomic mass is 9.91. The number of hydrogen-bond donors (Lipinski definition) is 2. The minimum Gasteiger partial charge on any atom is -0.395 e. The first kappa shape index (κ1) is 16.4. The average Bonchev–Trinajstić information content (AvgIpc) is 2.40. The van der Waals surface area contributed by atoms with Crippen molar-refractivity contribution < 1.29 is 9.90 Å². The van der Waals surface area contributed by atoms with Gasteiger partial charge in [0.25, 0.3) is 0 Å². The number of rotatable bonds is 8. The largest absolute Gasteiger partial charge is 0.395 e. The van der Waals surface area contributed by atoms with E-state index in [9.17, 15) is 4.79 Å². The van der Waals surface area contributed by atoms with Crippen LogP contribution < -0.4 is 5.32 Å². The van der Waals surface area contributed by atoms with E-state index in [-0.39, 0.29) is 12.5 Å². The van der Waals surface area contributed by atoms with Gasteiger partial charge >= 0.3 is 0 Å². The molecule has 0 saturated carbocycles. The van der Waals surface area contributed by atoms with Crippen LogP contribution in [0.4, 0.5) is 5.69 Å². The van der Waals surface area contributed by atoms with Gasteiger partial charge in [-0.15, -0.1) is 6.58 Å². The first-order valence-corrected chi connectivity index (χ1v) is 6.80. The molecule has 0 unspecified atom stereocenters. The average molecular weight is 276 g/mol. The van der Waals surface area contributed by atoms with E-state index in [0.29, 0.717) is 19.6 Å². The van der Waals surface area contributed by atoms with Gasteiger partial charge in [-0.3, -0.25) is 9.69 Å². The van der Waals surface area contributed by atoms with Crippen LogP contribution in [0, 0.1) is 5.41 Å². The number of nitrogens with one attached hydrogen (secondary N) is 1. The van der Waals surface area contributed by atoms with E-state index in [4.69, 9.17) is 5.11 Å².